The Kier molecular flexibility index (Phi) is 5.33. The average molecular weight is 290 g/mol. The molecule has 3 N–H and O–H groups in total. The Morgan fingerprint density at radius 1 is 1.38 bits per heavy atom. The zero-order chi connectivity index (χ0) is 15.2. The van der Waals surface area contributed by atoms with Crippen molar-refractivity contribution >= 4 is 17.6 Å². The van der Waals surface area contributed by atoms with Gasteiger partial charge in [-0.2, -0.15) is 0 Å². The van der Waals surface area contributed by atoms with E-state index in [1.165, 1.54) is 7.11 Å². The Morgan fingerprint density at radius 3 is 2.86 bits per heavy atom. The first-order chi connectivity index (χ1) is 10.1. The highest BCUT2D eigenvalue weighted by Gasteiger charge is 2.25. The maximum Gasteiger partial charge on any atom is 0.309 e. The number of nitrogens with two attached hydrogens (primary N) is 1. The van der Waals surface area contributed by atoms with Crippen LogP contribution in [0.15, 0.2) is 24.3 Å². The molecule has 5 nitrogen and oxygen atoms in total. The number of hydrogen-bond donors (Lipinski definition) is 2. The van der Waals surface area contributed by atoms with Crippen LogP contribution in [0.1, 0.15) is 31.2 Å². The zero-order valence-electron chi connectivity index (χ0n) is 12.3. The smallest absolute Gasteiger partial charge is 0.309 e. The lowest BCUT2D eigenvalue weighted by Gasteiger charge is -2.15. The molecule has 0 spiro atoms. The third kappa shape index (κ3) is 4.56. The maximum absolute atomic E-state index is 12.0. The quantitative estimate of drug-likeness (QED) is 0.811. The van der Waals surface area contributed by atoms with Crippen LogP contribution in [0.2, 0.25) is 0 Å². The van der Waals surface area contributed by atoms with Crippen LogP contribution in [-0.4, -0.2) is 25.0 Å². The van der Waals surface area contributed by atoms with E-state index >= 15 is 0 Å². The number of amides is 1. The van der Waals surface area contributed by atoms with Crippen LogP contribution in [0.3, 0.4) is 0 Å². The molecule has 0 aromatic heterocycles. The molecule has 0 bridgehead atoms. The monoisotopic (exact) mass is 290 g/mol. The summed E-state index contributed by atoms with van der Waals surface area (Å²) < 4.78 is 4.64. The second-order valence-electron chi connectivity index (χ2n) is 5.56. The van der Waals surface area contributed by atoms with Crippen molar-refractivity contribution in [1.29, 1.82) is 0 Å². The summed E-state index contributed by atoms with van der Waals surface area (Å²) in [5.41, 5.74) is 7.50. The number of carbonyl (C=O) groups is 2. The molecule has 1 aliphatic carbocycles. The molecule has 1 amide bonds. The van der Waals surface area contributed by atoms with Gasteiger partial charge >= 0.3 is 5.97 Å². The van der Waals surface area contributed by atoms with Crippen LogP contribution in [0.5, 0.6) is 0 Å². The highest BCUT2D eigenvalue weighted by Crippen LogP contribution is 2.27. The predicted octanol–water partition coefficient (Wildman–Crippen LogP) is 1.86. The lowest BCUT2D eigenvalue weighted by atomic mass is 10.00. The van der Waals surface area contributed by atoms with E-state index in [9.17, 15) is 9.59 Å². The summed E-state index contributed by atoms with van der Waals surface area (Å²) in [6.07, 6.45) is 3.80. The molecule has 5 heteroatoms. The van der Waals surface area contributed by atoms with E-state index in [0.717, 1.165) is 24.8 Å². The fraction of sp³-hybridized carbons (Fsp3) is 0.500. The number of methoxy groups -OCH3 is 1. The van der Waals surface area contributed by atoms with Gasteiger partial charge in [0, 0.05) is 18.2 Å². The van der Waals surface area contributed by atoms with Gasteiger partial charge in [-0.3, -0.25) is 9.59 Å². The maximum atomic E-state index is 12.0. The van der Waals surface area contributed by atoms with Gasteiger partial charge in [-0.05, 0) is 36.5 Å². The third-order valence-electron chi connectivity index (χ3n) is 3.95. The van der Waals surface area contributed by atoms with Crippen LogP contribution in [0.4, 0.5) is 5.69 Å². The van der Waals surface area contributed by atoms with Gasteiger partial charge in [-0.15, -0.1) is 0 Å². The minimum Gasteiger partial charge on any atom is -0.469 e. The standard InChI is InChI=1S/C16H22N2O3/c1-21-16(20)9-11-4-2-6-13(8-11)18-15(19)10-12-5-3-7-14(12)17/h2,4,6,8,12,14H,3,5,7,9-10,17H2,1H3,(H,18,19)/t12-,14+/m0/s1. The highest BCUT2D eigenvalue weighted by molar-refractivity contribution is 5.91. The first kappa shape index (κ1) is 15.5. The van der Waals surface area contributed by atoms with Crippen molar-refractivity contribution in [2.24, 2.45) is 11.7 Å². The molecule has 0 heterocycles. The molecular weight excluding hydrogens is 268 g/mol. The van der Waals surface area contributed by atoms with Crippen LogP contribution < -0.4 is 11.1 Å². The van der Waals surface area contributed by atoms with E-state index in [-0.39, 0.29) is 30.3 Å². The number of hydrogen-bond acceptors (Lipinski definition) is 4. The fourth-order valence-corrected chi connectivity index (χ4v) is 2.77. The number of esters is 1. The molecule has 0 radical (unpaired) electrons. The zero-order valence-corrected chi connectivity index (χ0v) is 12.3. The van der Waals surface area contributed by atoms with E-state index in [2.05, 4.69) is 10.1 Å². The van der Waals surface area contributed by atoms with Gasteiger partial charge in [0.2, 0.25) is 5.91 Å². The lowest BCUT2D eigenvalue weighted by Crippen LogP contribution is -2.28. The number of anilines is 1. The average Bonchev–Trinajstić information content (AvgIpc) is 2.84. The largest absolute Gasteiger partial charge is 0.469 e. The Bertz CT molecular complexity index is 516. The summed E-state index contributed by atoms with van der Waals surface area (Å²) in [5.74, 6) is -0.0359. The molecular formula is C16H22N2O3. The molecule has 1 saturated carbocycles. The van der Waals surface area contributed by atoms with Crippen molar-refractivity contribution in [3.63, 3.8) is 0 Å². The fourth-order valence-electron chi connectivity index (χ4n) is 2.77. The molecule has 0 aliphatic heterocycles. The molecule has 1 aliphatic rings. The van der Waals surface area contributed by atoms with E-state index in [1.807, 2.05) is 18.2 Å². The minimum absolute atomic E-state index is 0.0208. The number of ether oxygens (including phenoxy) is 1. The Morgan fingerprint density at radius 2 is 2.19 bits per heavy atom. The summed E-state index contributed by atoms with van der Waals surface area (Å²) in [7, 11) is 1.36. The van der Waals surface area contributed by atoms with Crippen LogP contribution in [0, 0.1) is 5.92 Å². The van der Waals surface area contributed by atoms with Crippen LogP contribution >= 0.6 is 0 Å². The molecule has 0 unspecified atom stereocenters. The van der Waals surface area contributed by atoms with Gasteiger partial charge in [0.25, 0.3) is 0 Å². The number of benzene rings is 1. The van der Waals surface area contributed by atoms with Gasteiger partial charge in [0.05, 0.1) is 13.5 Å². The summed E-state index contributed by atoms with van der Waals surface area (Å²) in [4.78, 5) is 23.3. The first-order valence-electron chi connectivity index (χ1n) is 7.29. The number of rotatable bonds is 5. The molecule has 1 fully saturated rings. The first-order valence-corrected chi connectivity index (χ1v) is 7.29. The summed E-state index contributed by atoms with van der Waals surface area (Å²) in [5, 5.41) is 2.87. The van der Waals surface area contributed by atoms with Crippen molar-refractivity contribution in [2.75, 3.05) is 12.4 Å². The summed E-state index contributed by atoms with van der Waals surface area (Å²) in [6, 6.07) is 7.40. The lowest BCUT2D eigenvalue weighted by molar-refractivity contribution is -0.139. The third-order valence-corrected chi connectivity index (χ3v) is 3.95. The van der Waals surface area contributed by atoms with Gasteiger partial charge < -0.3 is 15.8 Å². The van der Waals surface area contributed by atoms with Crippen molar-refractivity contribution in [3.05, 3.63) is 29.8 Å². The molecule has 2 atom stereocenters. The van der Waals surface area contributed by atoms with E-state index < -0.39 is 0 Å². The van der Waals surface area contributed by atoms with Gasteiger partial charge in [0.1, 0.15) is 0 Å². The Hall–Kier alpha value is -1.88. The molecule has 1 aromatic carbocycles. The van der Waals surface area contributed by atoms with Gasteiger partial charge in [0.15, 0.2) is 0 Å². The molecule has 0 saturated heterocycles. The van der Waals surface area contributed by atoms with Crippen molar-refractivity contribution in [1.82, 2.24) is 0 Å². The van der Waals surface area contributed by atoms with Crippen molar-refractivity contribution in [3.8, 4) is 0 Å². The molecule has 2 rings (SSSR count). The molecule has 1 aromatic rings. The normalized spacial score (nSPS) is 21.0. The molecule has 21 heavy (non-hydrogen) atoms. The van der Waals surface area contributed by atoms with Gasteiger partial charge in [-0.1, -0.05) is 18.6 Å². The topological polar surface area (TPSA) is 81.4 Å². The summed E-state index contributed by atoms with van der Waals surface area (Å²) in [6.45, 7) is 0. The number of nitrogens with one attached hydrogen (secondary N) is 1. The highest BCUT2D eigenvalue weighted by atomic mass is 16.5. The van der Waals surface area contributed by atoms with E-state index in [4.69, 9.17) is 5.73 Å². The van der Waals surface area contributed by atoms with Crippen molar-refractivity contribution < 1.29 is 14.3 Å². The minimum atomic E-state index is -0.296. The van der Waals surface area contributed by atoms with E-state index in [0.29, 0.717) is 12.1 Å². The molecule has 114 valence electrons. The predicted molar refractivity (Wildman–Crippen MR) is 80.7 cm³/mol. The van der Waals surface area contributed by atoms with Gasteiger partial charge in [-0.25, -0.2) is 0 Å². The number of carbonyl (C=O) groups excluding carboxylic acids is 2. The Labute approximate surface area is 124 Å². The van der Waals surface area contributed by atoms with Crippen LogP contribution in [0.25, 0.3) is 0 Å². The second-order valence-corrected chi connectivity index (χ2v) is 5.56. The summed E-state index contributed by atoms with van der Waals surface area (Å²) >= 11 is 0. The van der Waals surface area contributed by atoms with Crippen LogP contribution in [-0.2, 0) is 20.7 Å². The Balaban J connectivity index is 1.91. The SMILES string of the molecule is COC(=O)Cc1cccc(NC(=O)C[C@@H]2CCC[C@H]2N)c1. The van der Waals surface area contributed by atoms with Crippen molar-refractivity contribution in [2.45, 2.75) is 38.1 Å². The second kappa shape index (κ2) is 7.22. The van der Waals surface area contributed by atoms with E-state index in [1.54, 1.807) is 6.07 Å².